The zero-order chi connectivity index (χ0) is 50.6. The minimum atomic E-state index is -2.03. The third kappa shape index (κ3) is 46.7. The van der Waals surface area contributed by atoms with Crippen LogP contribution in [0.2, 0.25) is 103 Å². The molecule has 0 amide bonds. The third-order valence-corrected chi connectivity index (χ3v) is 33.0. The summed E-state index contributed by atoms with van der Waals surface area (Å²) >= 11 is 0. The maximum absolute atomic E-state index is 9.72. The quantitative estimate of drug-likeness (QED) is 0.0296. The predicted octanol–water partition coefficient (Wildman–Crippen LogP) is 13.4. The molecule has 70 heavy (non-hydrogen) atoms. The van der Waals surface area contributed by atoms with Crippen molar-refractivity contribution in [1.82, 2.24) is 5.32 Å². The highest BCUT2D eigenvalue weighted by Gasteiger charge is 2.40. The number of rotatable bonds is 29. The van der Waals surface area contributed by atoms with E-state index in [1.54, 1.807) is 0 Å². The van der Waals surface area contributed by atoms with Crippen molar-refractivity contribution in [2.45, 2.75) is 204 Å². The van der Waals surface area contributed by atoms with Gasteiger partial charge in [0.15, 0.2) is 33.3 Å². The number of para-hydroxylation sites is 2. The highest BCUT2D eigenvalue weighted by molar-refractivity contribution is 6.88. The number of hydrogen-bond acceptors (Lipinski definition) is 12. The zero-order valence-corrected chi connectivity index (χ0v) is 51.0. The molecular weight excluding hydrogens is 977 g/mol. The van der Waals surface area contributed by atoms with E-state index in [1.165, 1.54) is 24.9 Å². The number of aliphatic hydroxyl groups is 1. The van der Waals surface area contributed by atoms with E-state index in [0.717, 1.165) is 82.1 Å². The van der Waals surface area contributed by atoms with Gasteiger partial charge in [-0.2, -0.15) is 0 Å². The second kappa shape index (κ2) is 39.4. The van der Waals surface area contributed by atoms with E-state index in [2.05, 4.69) is 105 Å². The normalized spacial score (nSPS) is 14.1. The molecule has 1 fully saturated rings. The monoisotopic (exact) mass is 1100 g/mol. The summed E-state index contributed by atoms with van der Waals surface area (Å²) < 4.78 is 41.9. The molecular formula is C52H120N4O8Si6. The van der Waals surface area contributed by atoms with Gasteiger partial charge in [-0.15, -0.1) is 0 Å². The molecule has 0 spiro atoms. The minimum Gasteiger partial charge on any atom is -0.491 e. The van der Waals surface area contributed by atoms with E-state index in [0.29, 0.717) is 19.3 Å². The molecule has 1 saturated heterocycles. The lowest BCUT2D eigenvalue weighted by molar-refractivity contribution is 0.0710. The first-order chi connectivity index (χ1) is 30.5. The lowest BCUT2D eigenvalue weighted by Crippen LogP contribution is -2.52. The van der Waals surface area contributed by atoms with E-state index < -0.39 is 56.5 Å². The lowest BCUT2D eigenvalue weighted by atomic mass is 9.89. The van der Waals surface area contributed by atoms with Gasteiger partial charge in [0.25, 0.3) is 0 Å². The van der Waals surface area contributed by atoms with Crippen molar-refractivity contribution in [3.8, 4) is 11.5 Å². The number of benzene rings is 2. The van der Waals surface area contributed by atoms with Gasteiger partial charge in [0.1, 0.15) is 30.8 Å². The van der Waals surface area contributed by atoms with Crippen LogP contribution < -0.4 is 32.0 Å². The topological polar surface area (TPSA) is 178 Å². The molecule has 2 unspecified atom stereocenters. The van der Waals surface area contributed by atoms with Gasteiger partial charge in [0, 0.05) is 1.43 Å². The van der Waals surface area contributed by atoms with E-state index >= 15 is 0 Å². The van der Waals surface area contributed by atoms with Gasteiger partial charge in [-0.1, -0.05) is 93.3 Å². The fourth-order valence-corrected chi connectivity index (χ4v) is 35.9. The van der Waals surface area contributed by atoms with Crippen molar-refractivity contribution in [3.05, 3.63) is 60.7 Å². The Balaban J connectivity index is -0.000000197. The van der Waals surface area contributed by atoms with Crippen molar-refractivity contribution >= 4 is 50.4 Å². The van der Waals surface area contributed by atoms with Crippen molar-refractivity contribution in [2.24, 2.45) is 22.6 Å². The van der Waals surface area contributed by atoms with Crippen LogP contribution >= 0.6 is 0 Å². The molecule has 0 bridgehead atoms. The van der Waals surface area contributed by atoms with Crippen molar-refractivity contribution < 1.29 is 37.2 Å². The van der Waals surface area contributed by atoms with Gasteiger partial charge in [0.05, 0.1) is 12.7 Å². The lowest BCUT2D eigenvalue weighted by Gasteiger charge is -2.39. The van der Waals surface area contributed by atoms with Crippen molar-refractivity contribution in [3.63, 3.8) is 0 Å². The molecule has 1 aliphatic rings. The van der Waals surface area contributed by atoms with E-state index in [4.69, 9.17) is 47.9 Å². The first kappa shape index (κ1) is 77.8. The number of ether oxygens (including phenoxy) is 3. The fourth-order valence-electron chi connectivity index (χ4n) is 7.69. The van der Waals surface area contributed by atoms with Gasteiger partial charge in [-0.05, 0) is 198 Å². The number of nitrogens with two attached hydrogens (primary N) is 3. The Hall–Kier alpha value is -1.06. The summed E-state index contributed by atoms with van der Waals surface area (Å²) in [7, 11) is -8.56. The summed E-state index contributed by atoms with van der Waals surface area (Å²) in [6, 6.07) is 24.0. The van der Waals surface area contributed by atoms with E-state index in [1.807, 2.05) is 67.7 Å². The molecule has 0 aliphatic carbocycles. The second-order valence-corrected chi connectivity index (χ2v) is 47.0. The smallest absolute Gasteiger partial charge is 0.311 e. The summed E-state index contributed by atoms with van der Waals surface area (Å²) in [6.07, 6.45) is 6.28. The summed E-state index contributed by atoms with van der Waals surface area (Å²) in [6.45, 7) is 38.8. The number of epoxide rings is 1. The summed E-state index contributed by atoms with van der Waals surface area (Å²) in [5.74, 6) is 1.73. The van der Waals surface area contributed by atoms with Crippen LogP contribution in [-0.2, 0) is 21.2 Å². The Morgan fingerprint density at radius 2 is 0.929 bits per heavy atom. The molecule has 0 aromatic heterocycles. The van der Waals surface area contributed by atoms with Crippen LogP contribution in [0.1, 0.15) is 90.4 Å². The van der Waals surface area contributed by atoms with Crippen LogP contribution in [-0.4, -0.2) is 121 Å². The van der Waals surface area contributed by atoms with Crippen LogP contribution in [0.25, 0.3) is 0 Å². The molecule has 1 aliphatic heterocycles. The van der Waals surface area contributed by atoms with E-state index in [9.17, 15) is 5.11 Å². The Kier molecular flexibility index (Phi) is 43.8. The first-order valence-electron chi connectivity index (χ1n) is 24.7. The van der Waals surface area contributed by atoms with Crippen LogP contribution in [0.4, 0.5) is 0 Å². The SMILES string of the molecule is C.C.C.C.CC(C)(C)CC(O)COc1ccccc1.CNCCC[Si](C)(C)O[Si](C)(C)O[Si](C)(C)CCCCN.C[Si](C)(CCCN)O[Si](C)(C)O[Si](C)(C)CCCN.[HH].c1ccc(OCC2CO2)cc1. The molecule has 3 rings (SSSR count). The Labute approximate surface area is 442 Å². The van der Waals surface area contributed by atoms with Crippen molar-refractivity contribution in [2.75, 3.05) is 53.0 Å². The van der Waals surface area contributed by atoms with Gasteiger partial charge >= 0.3 is 17.1 Å². The van der Waals surface area contributed by atoms with Crippen molar-refractivity contribution in [1.29, 1.82) is 0 Å². The molecule has 0 saturated carbocycles. The molecule has 1 heterocycles. The average molecular weight is 1100 g/mol. The third-order valence-electron chi connectivity index (χ3n) is 10.1. The maximum atomic E-state index is 9.72. The second-order valence-electron chi connectivity index (χ2n) is 22.1. The van der Waals surface area contributed by atoms with E-state index in [-0.39, 0.29) is 36.5 Å². The number of aliphatic hydroxyl groups excluding tert-OH is 1. The molecule has 2 aromatic carbocycles. The summed E-state index contributed by atoms with van der Waals surface area (Å²) in [5.41, 5.74) is 16.9. The Morgan fingerprint density at radius 3 is 1.26 bits per heavy atom. The standard InChI is InChI=1S/C14H38N2O2Si3.C13H20O2.C12H34N2O2Si3.C9H10O2.4CH4.H2/c1-16-12-10-14-20(4,5)18-21(6,7)17-19(2,3)13-9-8-11-15;1-13(2,3)9-11(14)10-15-12-7-5-4-6-8-12;1-17(2,11-7-9-13)15-19(5,6)16-18(3,4)12-8-10-14;1-2-4-8(5-3-1)10-6-9-7-11-9;;;;;/h16H,8-15H2,1-7H3;4-8,11,14H,9-10H2,1-3H3;7-14H2,1-6H3;1-5,9H,6-7H2;4*1H4;1H. The maximum Gasteiger partial charge on any atom is 0.311 e. The van der Waals surface area contributed by atoms with Gasteiger partial charge < -0.3 is 58.3 Å². The molecule has 12 nitrogen and oxygen atoms in total. The zero-order valence-electron chi connectivity index (χ0n) is 45.0. The molecule has 8 N–H and O–H groups in total. The Bertz CT molecular complexity index is 1450. The average Bonchev–Trinajstić information content (AvgIpc) is 4.02. The highest BCUT2D eigenvalue weighted by Crippen LogP contribution is 2.28. The molecule has 18 heteroatoms. The summed E-state index contributed by atoms with van der Waals surface area (Å²) in [5, 5.41) is 12.9. The van der Waals surface area contributed by atoms with Crippen LogP contribution in [0, 0.1) is 5.41 Å². The largest absolute Gasteiger partial charge is 0.491 e. The first-order valence-corrected chi connectivity index (χ1v) is 42.8. The minimum absolute atomic E-state index is 0. The molecule has 2 atom stereocenters. The van der Waals surface area contributed by atoms with Gasteiger partial charge in [0.2, 0.25) is 0 Å². The molecule has 2 aromatic rings. The Morgan fingerprint density at radius 1 is 0.586 bits per heavy atom. The fraction of sp³-hybridized carbons (Fsp3) is 0.769. The highest BCUT2D eigenvalue weighted by atomic mass is 28.5. The van der Waals surface area contributed by atoms with Gasteiger partial charge in [-0.25, -0.2) is 0 Å². The number of hydrogen-bond donors (Lipinski definition) is 5. The van der Waals surface area contributed by atoms with Gasteiger partial charge in [-0.3, -0.25) is 0 Å². The summed E-state index contributed by atoms with van der Waals surface area (Å²) in [4.78, 5) is 0. The van der Waals surface area contributed by atoms with Crippen LogP contribution in [0.5, 0.6) is 11.5 Å². The number of nitrogens with one attached hydrogen (secondary N) is 1. The van der Waals surface area contributed by atoms with Crippen LogP contribution in [0.3, 0.4) is 0 Å². The van der Waals surface area contributed by atoms with Crippen LogP contribution in [0.15, 0.2) is 60.7 Å². The number of unbranched alkanes of at least 4 members (excludes halogenated alkanes) is 1. The predicted molar refractivity (Wildman–Crippen MR) is 325 cm³/mol. The molecule has 0 radical (unpaired) electrons. The molecule has 420 valence electrons.